The number of nitrogens with one attached hydrogen (secondary N) is 1. The topological polar surface area (TPSA) is 81.2 Å². The van der Waals surface area contributed by atoms with E-state index in [4.69, 9.17) is 16.6 Å². The summed E-state index contributed by atoms with van der Waals surface area (Å²) < 4.78 is 0. The van der Waals surface area contributed by atoms with Gasteiger partial charge < -0.3 is 15.0 Å². The van der Waals surface area contributed by atoms with Crippen LogP contribution >= 0.6 is 11.6 Å². The number of hydrogen-bond donors (Lipinski definition) is 2. The van der Waals surface area contributed by atoms with Gasteiger partial charge in [-0.05, 0) is 36.8 Å². The van der Waals surface area contributed by atoms with E-state index in [2.05, 4.69) is 36.9 Å². The molecule has 0 amide bonds. The Balaban J connectivity index is 1.17. The molecule has 7 rings (SSSR count). The second-order valence-electron chi connectivity index (χ2n) is 8.26. The van der Waals surface area contributed by atoms with E-state index < -0.39 is 0 Å². The van der Waals surface area contributed by atoms with Gasteiger partial charge in [0.25, 0.3) is 0 Å². The van der Waals surface area contributed by atoms with Crippen LogP contribution in [0.15, 0.2) is 55.1 Å². The van der Waals surface area contributed by atoms with E-state index in [0.29, 0.717) is 17.1 Å². The zero-order valence-electron chi connectivity index (χ0n) is 16.7. The Morgan fingerprint density at radius 1 is 1.06 bits per heavy atom. The summed E-state index contributed by atoms with van der Waals surface area (Å²) in [5.41, 5.74) is 3.63. The monoisotopic (exact) mass is 432 g/mol. The van der Waals surface area contributed by atoms with Gasteiger partial charge in [0.1, 0.15) is 23.5 Å². The lowest BCUT2D eigenvalue weighted by Gasteiger charge is -2.56. The van der Waals surface area contributed by atoms with Crippen LogP contribution in [0.2, 0.25) is 5.02 Å². The maximum atomic E-state index is 10.2. The van der Waals surface area contributed by atoms with E-state index in [1.807, 2.05) is 30.6 Å². The fourth-order valence-electron chi connectivity index (χ4n) is 4.82. The molecule has 3 fully saturated rings. The number of benzene rings is 1. The molecule has 0 radical (unpaired) electrons. The lowest BCUT2D eigenvalue weighted by molar-refractivity contribution is -0.00915. The maximum absolute atomic E-state index is 10.2. The van der Waals surface area contributed by atoms with Gasteiger partial charge in [-0.2, -0.15) is 0 Å². The number of fused-ring (bicyclic) bond motifs is 3. The molecule has 31 heavy (non-hydrogen) atoms. The second-order valence-corrected chi connectivity index (χ2v) is 8.70. The normalized spacial score (nSPS) is 20.7. The number of anilines is 1. The van der Waals surface area contributed by atoms with Crippen LogP contribution in [0.5, 0.6) is 5.75 Å². The van der Waals surface area contributed by atoms with Gasteiger partial charge in [-0.1, -0.05) is 17.7 Å². The summed E-state index contributed by atoms with van der Waals surface area (Å²) in [5.74, 6) is 1.26. The van der Waals surface area contributed by atoms with Crippen molar-refractivity contribution >= 4 is 28.5 Å². The van der Waals surface area contributed by atoms with Gasteiger partial charge >= 0.3 is 0 Å². The SMILES string of the molecule is Oc1cc(Cl)ccc1CN1C2CC1CN(c1ccc(-c3ncnc4[nH]ccc34)cn1)C2. The molecule has 3 aliphatic heterocycles. The van der Waals surface area contributed by atoms with Crippen molar-refractivity contribution in [2.45, 2.75) is 25.0 Å². The number of H-pyrrole nitrogens is 1. The standard InChI is InChI=1S/C23H21ClN6O/c24-16-3-1-15(20(31)7-16)10-30-17-8-18(30)12-29(11-17)21-4-2-14(9-26-21)22-19-5-6-25-23(19)28-13-27-22/h1-7,9,13,17-18,31H,8,10-12H2,(H,25,27,28). The summed E-state index contributed by atoms with van der Waals surface area (Å²) in [6.07, 6.45) is 6.54. The van der Waals surface area contributed by atoms with Crippen molar-refractivity contribution < 1.29 is 5.11 Å². The van der Waals surface area contributed by atoms with Crippen molar-refractivity contribution in [3.63, 3.8) is 0 Å². The van der Waals surface area contributed by atoms with Crippen LogP contribution in [-0.4, -0.2) is 55.1 Å². The Bertz CT molecular complexity index is 1240. The molecule has 3 saturated heterocycles. The molecule has 3 aromatic heterocycles. The minimum Gasteiger partial charge on any atom is -0.508 e. The molecule has 2 atom stereocenters. The molecule has 2 bridgehead atoms. The van der Waals surface area contributed by atoms with Crippen LogP contribution in [0.25, 0.3) is 22.3 Å². The van der Waals surface area contributed by atoms with E-state index in [0.717, 1.165) is 53.3 Å². The van der Waals surface area contributed by atoms with Crippen molar-refractivity contribution in [2.75, 3.05) is 18.0 Å². The number of piperazine rings is 1. The van der Waals surface area contributed by atoms with Crippen LogP contribution in [0.3, 0.4) is 0 Å². The highest BCUT2D eigenvalue weighted by atomic mass is 35.5. The predicted molar refractivity (Wildman–Crippen MR) is 120 cm³/mol. The molecule has 6 heterocycles. The van der Waals surface area contributed by atoms with Gasteiger partial charge in [-0.25, -0.2) is 15.0 Å². The van der Waals surface area contributed by atoms with Gasteiger partial charge in [0.2, 0.25) is 0 Å². The van der Waals surface area contributed by atoms with Gasteiger partial charge in [-0.3, -0.25) is 4.90 Å². The number of hydrogen-bond acceptors (Lipinski definition) is 6. The number of nitrogens with zero attached hydrogens (tertiary/aromatic N) is 5. The zero-order chi connectivity index (χ0) is 20.9. The Morgan fingerprint density at radius 2 is 1.94 bits per heavy atom. The van der Waals surface area contributed by atoms with Gasteiger partial charge in [-0.15, -0.1) is 0 Å². The summed E-state index contributed by atoms with van der Waals surface area (Å²) in [5, 5.41) is 11.7. The van der Waals surface area contributed by atoms with Crippen molar-refractivity contribution in [3.05, 3.63) is 65.7 Å². The predicted octanol–water partition coefficient (Wildman–Crippen LogP) is 3.84. The van der Waals surface area contributed by atoms with Crippen molar-refractivity contribution in [1.29, 1.82) is 0 Å². The van der Waals surface area contributed by atoms with Crippen LogP contribution in [0.1, 0.15) is 12.0 Å². The highest BCUT2D eigenvalue weighted by Gasteiger charge is 2.44. The average molecular weight is 433 g/mol. The number of piperidine rings is 1. The quantitative estimate of drug-likeness (QED) is 0.510. The summed E-state index contributed by atoms with van der Waals surface area (Å²) in [7, 11) is 0. The number of phenols is 1. The van der Waals surface area contributed by atoms with Gasteiger partial charge in [0.05, 0.1) is 5.69 Å². The smallest absolute Gasteiger partial charge is 0.141 e. The highest BCUT2D eigenvalue weighted by molar-refractivity contribution is 6.30. The molecule has 0 saturated carbocycles. The minimum absolute atomic E-state index is 0.271. The Morgan fingerprint density at radius 3 is 2.71 bits per heavy atom. The van der Waals surface area contributed by atoms with Crippen molar-refractivity contribution in [3.8, 4) is 17.0 Å². The molecule has 3 aliphatic rings. The first kappa shape index (κ1) is 18.6. The molecule has 156 valence electrons. The number of aromatic amines is 1. The summed E-state index contributed by atoms with van der Waals surface area (Å²) in [4.78, 5) is 21.4. The number of aromatic nitrogens is 4. The number of phenolic OH excluding ortho intramolecular Hbond substituents is 1. The fourth-order valence-corrected chi connectivity index (χ4v) is 4.98. The van der Waals surface area contributed by atoms with E-state index >= 15 is 0 Å². The molecule has 0 spiro atoms. The fraction of sp³-hybridized carbons (Fsp3) is 0.261. The first-order valence-electron chi connectivity index (χ1n) is 10.4. The van der Waals surface area contributed by atoms with Crippen LogP contribution in [0.4, 0.5) is 5.82 Å². The molecule has 7 nitrogen and oxygen atoms in total. The van der Waals surface area contributed by atoms with E-state index in [1.165, 1.54) is 6.42 Å². The minimum atomic E-state index is 0.271. The largest absolute Gasteiger partial charge is 0.508 e. The van der Waals surface area contributed by atoms with Crippen molar-refractivity contribution in [1.82, 2.24) is 24.8 Å². The summed E-state index contributed by atoms with van der Waals surface area (Å²) in [6, 6.07) is 12.5. The molecular weight excluding hydrogens is 412 g/mol. The lowest BCUT2D eigenvalue weighted by atomic mass is 9.86. The van der Waals surface area contributed by atoms with Gasteiger partial charge in [0, 0.05) is 65.6 Å². The third-order valence-corrected chi connectivity index (χ3v) is 6.68. The molecule has 1 aromatic carbocycles. The van der Waals surface area contributed by atoms with E-state index in [-0.39, 0.29) is 5.75 Å². The molecule has 0 aliphatic carbocycles. The molecular formula is C23H21ClN6O. The third kappa shape index (κ3) is 3.21. The highest BCUT2D eigenvalue weighted by Crippen LogP contribution is 2.37. The number of halogens is 1. The van der Waals surface area contributed by atoms with Gasteiger partial charge in [0.15, 0.2) is 0 Å². The zero-order valence-corrected chi connectivity index (χ0v) is 17.5. The molecule has 2 unspecified atom stereocenters. The average Bonchev–Trinajstić information content (AvgIpc) is 3.28. The van der Waals surface area contributed by atoms with Crippen LogP contribution < -0.4 is 4.90 Å². The second kappa shape index (κ2) is 7.21. The molecule has 8 heteroatoms. The Labute approximate surface area is 184 Å². The van der Waals surface area contributed by atoms with E-state index in [1.54, 1.807) is 12.4 Å². The molecule has 4 aromatic rings. The van der Waals surface area contributed by atoms with E-state index in [9.17, 15) is 5.11 Å². The Kier molecular flexibility index (Phi) is 4.33. The number of aromatic hydroxyl groups is 1. The lowest BCUT2D eigenvalue weighted by Crippen LogP contribution is -2.68. The van der Waals surface area contributed by atoms with Crippen LogP contribution in [-0.2, 0) is 6.54 Å². The maximum Gasteiger partial charge on any atom is 0.141 e. The van der Waals surface area contributed by atoms with Crippen LogP contribution in [0, 0.1) is 0 Å². The molecule has 2 N–H and O–H groups in total. The third-order valence-electron chi connectivity index (χ3n) is 6.44. The number of pyridine rings is 1. The number of rotatable bonds is 4. The van der Waals surface area contributed by atoms with Crippen molar-refractivity contribution in [2.24, 2.45) is 0 Å². The first-order chi connectivity index (χ1) is 15.2. The Hall–Kier alpha value is -3.16. The summed E-state index contributed by atoms with van der Waals surface area (Å²) in [6.45, 7) is 2.62. The summed E-state index contributed by atoms with van der Waals surface area (Å²) >= 11 is 5.96. The first-order valence-corrected chi connectivity index (χ1v) is 10.8.